The van der Waals surface area contributed by atoms with E-state index in [1.165, 1.54) is 0 Å². The van der Waals surface area contributed by atoms with Crippen LogP contribution in [0.4, 0.5) is 17.6 Å². The second kappa shape index (κ2) is 3.23. The molecule has 0 aromatic heterocycles. The fourth-order valence-electron chi connectivity index (χ4n) is 1.68. The Bertz CT molecular complexity index is 152. The minimum absolute atomic E-state index is 0.00336. The van der Waals surface area contributed by atoms with E-state index in [-0.39, 0.29) is 18.8 Å². The third-order valence-corrected chi connectivity index (χ3v) is 2.45. The van der Waals surface area contributed by atoms with Crippen molar-refractivity contribution in [3.8, 4) is 0 Å². The highest BCUT2D eigenvalue weighted by atomic mass is 19.4. The van der Waals surface area contributed by atoms with Gasteiger partial charge in [-0.25, -0.2) is 4.39 Å². The SMILES string of the molecule is CC1CCC(F)C(C(F)(F)F)C1. The predicted molar refractivity (Wildman–Crippen MR) is 37.5 cm³/mol. The molecule has 4 heteroatoms. The number of hydrogen-bond donors (Lipinski definition) is 0. The zero-order chi connectivity index (χ0) is 9.35. The van der Waals surface area contributed by atoms with Crippen molar-refractivity contribution < 1.29 is 17.6 Å². The quantitative estimate of drug-likeness (QED) is 0.506. The highest BCUT2D eigenvalue weighted by molar-refractivity contribution is 4.82. The van der Waals surface area contributed by atoms with Gasteiger partial charge in [-0.05, 0) is 25.2 Å². The Morgan fingerprint density at radius 2 is 1.75 bits per heavy atom. The molecule has 0 radical (unpaired) electrons. The van der Waals surface area contributed by atoms with E-state index in [0.717, 1.165) is 0 Å². The molecule has 12 heavy (non-hydrogen) atoms. The van der Waals surface area contributed by atoms with Gasteiger partial charge in [0.05, 0.1) is 5.92 Å². The molecule has 1 fully saturated rings. The molecule has 1 aliphatic carbocycles. The Morgan fingerprint density at radius 3 is 2.17 bits per heavy atom. The number of hydrogen-bond acceptors (Lipinski definition) is 0. The molecule has 1 saturated carbocycles. The summed E-state index contributed by atoms with van der Waals surface area (Å²) in [4.78, 5) is 0. The molecule has 1 rings (SSSR count). The maximum absolute atomic E-state index is 12.8. The lowest BCUT2D eigenvalue weighted by molar-refractivity contribution is -0.201. The van der Waals surface area contributed by atoms with E-state index < -0.39 is 18.3 Å². The van der Waals surface area contributed by atoms with E-state index in [2.05, 4.69) is 0 Å². The Balaban J connectivity index is 2.61. The van der Waals surface area contributed by atoms with Crippen LogP contribution in [0.5, 0.6) is 0 Å². The van der Waals surface area contributed by atoms with Crippen molar-refractivity contribution >= 4 is 0 Å². The predicted octanol–water partition coefficient (Wildman–Crippen LogP) is 3.32. The van der Waals surface area contributed by atoms with E-state index in [1.54, 1.807) is 6.92 Å². The minimum Gasteiger partial charge on any atom is -0.247 e. The van der Waals surface area contributed by atoms with Crippen LogP contribution in [0.3, 0.4) is 0 Å². The van der Waals surface area contributed by atoms with E-state index in [9.17, 15) is 17.6 Å². The lowest BCUT2D eigenvalue weighted by atomic mass is 9.81. The minimum atomic E-state index is -4.35. The average molecular weight is 184 g/mol. The van der Waals surface area contributed by atoms with Crippen molar-refractivity contribution in [1.82, 2.24) is 0 Å². The van der Waals surface area contributed by atoms with Crippen molar-refractivity contribution in [3.05, 3.63) is 0 Å². The summed E-state index contributed by atoms with van der Waals surface area (Å²) in [7, 11) is 0. The van der Waals surface area contributed by atoms with E-state index in [1.807, 2.05) is 0 Å². The van der Waals surface area contributed by atoms with Crippen LogP contribution < -0.4 is 0 Å². The van der Waals surface area contributed by atoms with Gasteiger partial charge in [0.1, 0.15) is 6.17 Å². The largest absolute Gasteiger partial charge is 0.394 e. The molecule has 3 atom stereocenters. The monoisotopic (exact) mass is 184 g/mol. The van der Waals surface area contributed by atoms with Crippen molar-refractivity contribution in [2.24, 2.45) is 11.8 Å². The average Bonchev–Trinajstić information content (AvgIpc) is 1.92. The first kappa shape index (κ1) is 9.81. The highest BCUT2D eigenvalue weighted by Crippen LogP contribution is 2.41. The molecule has 0 spiro atoms. The van der Waals surface area contributed by atoms with Crippen molar-refractivity contribution in [3.63, 3.8) is 0 Å². The van der Waals surface area contributed by atoms with Crippen LogP contribution in [0.2, 0.25) is 0 Å². The molecule has 3 unspecified atom stereocenters. The number of alkyl halides is 4. The molecular weight excluding hydrogens is 172 g/mol. The maximum atomic E-state index is 12.8. The molecule has 1 aliphatic rings. The molecule has 0 nitrogen and oxygen atoms in total. The molecule has 0 bridgehead atoms. The van der Waals surface area contributed by atoms with Gasteiger partial charge in [0, 0.05) is 0 Å². The molecular formula is C8H12F4. The van der Waals surface area contributed by atoms with Crippen LogP contribution in [0.1, 0.15) is 26.2 Å². The summed E-state index contributed by atoms with van der Waals surface area (Å²) < 4.78 is 49.2. The third-order valence-electron chi connectivity index (χ3n) is 2.45. The Morgan fingerprint density at radius 1 is 1.17 bits per heavy atom. The Hall–Kier alpha value is -0.280. The first-order valence-electron chi connectivity index (χ1n) is 4.12. The van der Waals surface area contributed by atoms with Gasteiger partial charge >= 0.3 is 6.18 Å². The van der Waals surface area contributed by atoms with E-state index >= 15 is 0 Å². The van der Waals surface area contributed by atoms with Gasteiger partial charge in [-0.15, -0.1) is 0 Å². The van der Waals surface area contributed by atoms with Gasteiger partial charge in [-0.2, -0.15) is 13.2 Å². The van der Waals surface area contributed by atoms with Crippen molar-refractivity contribution in [2.75, 3.05) is 0 Å². The summed E-state index contributed by atoms with van der Waals surface area (Å²) in [6, 6.07) is 0. The van der Waals surface area contributed by atoms with Gasteiger partial charge in [-0.1, -0.05) is 6.92 Å². The van der Waals surface area contributed by atoms with Crippen molar-refractivity contribution in [2.45, 2.75) is 38.5 Å². The van der Waals surface area contributed by atoms with Crippen LogP contribution in [-0.2, 0) is 0 Å². The molecule has 0 saturated heterocycles. The topological polar surface area (TPSA) is 0 Å². The molecule has 0 aromatic carbocycles. The normalized spacial score (nSPS) is 38.2. The third kappa shape index (κ3) is 2.11. The summed E-state index contributed by atoms with van der Waals surface area (Å²) in [6.07, 6.45) is -5.45. The van der Waals surface area contributed by atoms with Gasteiger partial charge < -0.3 is 0 Å². The lowest BCUT2D eigenvalue weighted by Gasteiger charge is -2.31. The van der Waals surface area contributed by atoms with Gasteiger partial charge in [0.25, 0.3) is 0 Å². The Labute approximate surface area is 69.0 Å². The van der Waals surface area contributed by atoms with Crippen molar-refractivity contribution in [1.29, 1.82) is 0 Å². The summed E-state index contributed by atoms with van der Waals surface area (Å²) >= 11 is 0. The summed E-state index contributed by atoms with van der Waals surface area (Å²) in [5.41, 5.74) is 0. The molecule has 0 amide bonds. The Kier molecular flexibility index (Phi) is 2.64. The van der Waals surface area contributed by atoms with Crippen LogP contribution in [-0.4, -0.2) is 12.3 Å². The van der Waals surface area contributed by atoms with Gasteiger partial charge in [0.15, 0.2) is 0 Å². The first-order valence-corrected chi connectivity index (χ1v) is 4.12. The second-order valence-corrected chi connectivity index (χ2v) is 3.58. The second-order valence-electron chi connectivity index (χ2n) is 3.58. The standard InChI is InChI=1S/C8H12F4/c1-5-2-3-7(9)6(4-5)8(10,11)12/h5-7H,2-4H2,1H3. The lowest BCUT2D eigenvalue weighted by Crippen LogP contribution is -2.36. The fourth-order valence-corrected chi connectivity index (χ4v) is 1.68. The highest BCUT2D eigenvalue weighted by Gasteiger charge is 2.47. The van der Waals surface area contributed by atoms with Crippen LogP contribution in [0, 0.1) is 11.8 Å². The summed E-state index contributed by atoms with van der Waals surface area (Å²) in [6.45, 7) is 1.74. The van der Waals surface area contributed by atoms with Crippen LogP contribution in [0.25, 0.3) is 0 Å². The molecule has 0 aromatic rings. The van der Waals surface area contributed by atoms with Crippen LogP contribution in [0.15, 0.2) is 0 Å². The maximum Gasteiger partial charge on any atom is 0.394 e. The summed E-state index contributed by atoms with van der Waals surface area (Å²) in [5.74, 6) is -1.72. The van der Waals surface area contributed by atoms with E-state index in [4.69, 9.17) is 0 Å². The fraction of sp³-hybridized carbons (Fsp3) is 1.00. The van der Waals surface area contributed by atoms with Gasteiger partial charge in [0.2, 0.25) is 0 Å². The first-order chi connectivity index (χ1) is 5.41. The molecule has 0 N–H and O–H groups in total. The number of halogens is 4. The number of rotatable bonds is 0. The smallest absolute Gasteiger partial charge is 0.247 e. The zero-order valence-electron chi connectivity index (χ0n) is 6.87. The van der Waals surface area contributed by atoms with Crippen LogP contribution >= 0.6 is 0 Å². The zero-order valence-corrected chi connectivity index (χ0v) is 6.87. The molecule has 0 heterocycles. The molecule has 0 aliphatic heterocycles. The molecule has 72 valence electrons. The van der Waals surface area contributed by atoms with E-state index in [0.29, 0.717) is 6.42 Å². The summed E-state index contributed by atoms with van der Waals surface area (Å²) in [5, 5.41) is 0. The van der Waals surface area contributed by atoms with Gasteiger partial charge in [-0.3, -0.25) is 0 Å².